The largest absolute Gasteiger partial charge is 0.483 e. The highest BCUT2D eigenvalue weighted by atomic mass is 16.5. The van der Waals surface area contributed by atoms with Crippen LogP contribution in [0.15, 0.2) is 22.1 Å². The van der Waals surface area contributed by atoms with Gasteiger partial charge < -0.3 is 9.47 Å². The SMILES string of the molecule is COC1=N[C@@]2(CC=CCC2)C(OC)=NC1C(C)C. The first kappa shape index (κ1) is 13.1. The van der Waals surface area contributed by atoms with Crippen LogP contribution < -0.4 is 0 Å². The van der Waals surface area contributed by atoms with E-state index in [0.717, 1.165) is 31.1 Å². The Morgan fingerprint density at radius 3 is 2.56 bits per heavy atom. The fraction of sp³-hybridized carbons (Fsp3) is 0.714. The van der Waals surface area contributed by atoms with Gasteiger partial charge >= 0.3 is 0 Å². The van der Waals surface area contributed by atoms with Crippen molar-refractivity contribution in [1.82, 2.24) is 0 Å². The molecule has 0 aromatic heterocycles. The molecule has 1 unspecified atom stereocenters. The zero-order valence-electron chi connectivity index (χ0n) is 11.6. The van der Waals surface area contributed by atoms with Crippen LogP contribution in [0.25, 0.3) is 0 Å². The van der Waals surface area contributed by atoms with E-state index >= 15 is 0 Å². The Kier molecular flexibility index (Phi) is 3.73. The molecule has 2 rings (SSSR count). The molecule has 4 heteroatoms. The molecular formula is C14H22N2O2. The molecule has 100 valence electrons. The Labute approximate surface area is 109 Å². The molecule has 18 heavy (non-hydrogen) atoms. The molecule has 1 spiro atoms. The molecule has 1 aliphatic heterocycles. The fourth-order valence-electron chi connectivity index (χ4n) is 2.59. The molecule has 0 aromatic rings. The highest BCUT2D eigenvalue weighted by Gasteiger charge is 2.43. The van der Waals surface area contributed by atoms with Crippen molar-refractivity contribution in [2.45, 2.75) is 44.7 Å². The molecule has 0 bridgehead atoms. The van der Waals surface area contributed by atoms with Crippen LogP contribution in [0.5, 0.6) is 0 Å². The summed E-state index contributed by atoms with van der Waals surface area (Å²) in [6.45, 7) is 4.24. The minimum atomic E-state index is -0.333. The molecule has 1 aliphatic carbocycles. The van der Waals surface area contributed by atoms with Crippen LogP contribution in [-0.4, -0.2) is 37.6 Å². The first-order valence-corrected chi connectivity index (χ1v) is 6.54. The second-order valence-corrected chi connectivity index (χ2v) is 5.23. The van der Waals surface area contributed by atoms with Gasteiger partial charge in [0.05, 0.1) is 14.2 Å². The van der Waals surface area contributed by atoms with Crippen molar-refractivity contribution in [2.75, 3.05) is 14.2 Å². The van der Waals surface area contributed by atoms with Gasteiger partial charge in [-0.2, -0.15) is 0 Å². The Hall–Kier alpha value is -1.32. The van der Waals surface area contributed by atoms with Gasteiger partial charge in [0.2, 0.25) is 11.8 Å². The second-order valence-electron chi connectivity index (χ2n) is 5.23. The highest BCUT2D eigenvalue weighted by molar-refractivity contribution is 5.97. The van der Waals surface area contributed by atoms with Crippen LogP contribution in [0.2, 0.25) is 0 Å². The van der Waals surface area contributed by atoms with Crippen LogP contribution >= 0.6 is 0 Å². The van der Waals surface area contributed by atoms with E-state index in [1.165, 1.54) is 0 Å². The van der Waals surface area contributed by atoms with Crippen LogP contribution in [0.4, 0.5) is 0 Å². The van der Waals surface area contributed by atoms with Crippen molar-refractivity contribution in [3.8, 4) is 0 Å². The lowest BCUT2D eigenvalue weighted by Gasteiger charge is -2.36. The quantitative estimate of drug-likeness (QED) is 0.671. The number of rotatable bonds is 1. The zero-order valence-corrected chi connectivity index (χ0v) is 11.6. The monoisotopic (exact) mass is 250 g/mol. The molecule has 0 fully saturated rings. The lowest BCUT2D eigenvalue weighted by molar-refractivity contribution is 0.295. The lowest BCUT2D eigenvalue weighted by atomic mass is 9.84. The van der Waals surface area contributed by atoms with Crippen molar-refractivity contribution in [3.05, 3.63) is 12.2 Å². The van der Waals surface area contributed by atoms with Crippen molar-refractivity contribution < 1.29 is 9.47 Å². The Morgan fingerprint density at radius 1 is 1.28 bits per heavy atom. The minimum Gasteiger partial charge on any atom is -0.483 e. The third-order valence-corrected chi connectivity index (χ3v) is 3.61. The molecule has 0 saturated heterocycles. The van der Waals surface area contributed by atoms with Gasteiger partial charge in [-0.25, -0.2) is 9.98 Å². The summed E-state index contributed by atoms with van der Waals surface area (Å²) in [5.41, 5.74) is -0.333. The van der Waals surface area contributed by atoms with E-state index in [1.807, 2.05) is 0 Å². The Bertz CT molecular complexity index is 399. The normalized spacial score (nSPS) is 31.3. The molecule has 0 N–H and O–H groups in total. The molecule has 4 nitrogen and oxygen atoms in total. The third kappa shape index (κ3) is 2.16. The summed E-state index contributed by atoms with van der Waals surface area (Å²) in [7, 11) is 3.36. The molecule has 0 radical (unpaired) electrons. The van der Waals surface area contributed by atoms with Gasteiger partial charge in [-0.15, -0.1) is 0 Å². The molecule has 1 heterocycles. The van der Waals surface area contributed by atoms with Gasteiger partial charge in [0.15, 0.2) is 0 Å². The summed E-state index contributed by atoms with van der Waals surface area (Å²) in [5, 5.41) is 0. The van der Waals surface area contributed by atoms with Crippen LogP contribution in [0, 0.1) is 5.92 Å². The molecule has 0 saturated carbocycles. The van der Waals surface area contributed by atoms with Crippen LogP contribution in [0.3, 0.4) is 0 Å². The maximum atomic E-state index is 5.51. The lowest BCUT2D eigenvalue weighted by Crippen LogP contribution is -2.47. The summed E-state index contributed by atoms with van der Waals surface area (Å²) < 4.78 is 11.0. The summed E-state index contributed by atoms with van der Waals surface area (Å²) in [6, 6.07) is -0.0264. The number of allylic oxidation sites excluding steroid dienone is 1. The standard InChI is InChI=1S/C14H22N2O2/c1-10(2)11-12(17-3)16-14(13(15-11)18-4)8-6-5-7-9-14/h5-6,10-11H,7-9H2,1-4H3/t11?,14-/m1/s1. The topological polar surface area (TPSA) is 43.2 Å². The fourth-order valence-corrected chi connectivity index (χ4v) is 2.59. The van der Waals surface area contributed by atoms with Gasteiger partial charge in [-0.05, 0) is 25.2 Å². The van der Waals surface area contributed by atoms with E-state index in [2.05, 4.69) is 26.0 Å². The van der Waals surface area contributed by atoms with E-state index in [9.17, 15) is 0 Å². The maximum absolute atomic E-state index is 5.51. The Balaban J connectivity index is 2.39. The average molecular weight is 250 g/mol. The highest BCUT2D eigenvalue weighted by Crippen LogP contribution is 2.34. The van der Waals surface area contributed by atoms with Crippen LogP contribution in [-0.2, 0) is 9.47 Å². The summed E-state index contributed by atoms with van der Waals surface area (Å²) in [6.07, 6.45) is 7.14. The smallest absolute Gasteiger partial charge is 0.213 e. The Morgan fingerprint density at radius 2 is 2.06 bits per heavy atom. The van der Waals surface area contributed by atoms with Crippen LogP contribution in [0.1, 0.15) is 33.1 Å². The maximum Gasteiger partial charge on any atom is 0.213 e. The van der Waals surface area contributed by atoms with E-state index in [4.69, 9.17) is 19.5 Å². The molecule has 2 atom stereocenters. The van der Waals surface area contributed by atoms with E-state index in [1.54, 1.807) is 14.2 Å². The number of hydrogen-bond acceptors (Lipinski definition) is 4. The molecule has 0 aromatic carbocycles. The minimum absolute atomic E-state index is 0.0264. The first-order chi connectivity index (χ1) is 8.63. The number of methoxy groups -OCH3 is 2. The van der Waals surface area contributed by atoms with Crippen molar-refractivity contribution in [1.29, 1.82) is 0 Å². The van der Waals surface area contributed by atoms with Gasteiger partial charge in [0.25, 0.3) is 0 Å². The van der Waals surface area contributed by atoms with Gasteiger partial charge in [-0.1, -0.05) is 26.0 Å². The van der Waals surface area contributed by atoms with E-state index in [0.29, 0.717) is 5.92 Å². The average Bonchev–Trinajstić information content (AvgIpc) is 2.39. The van der Waals surface area contributed by atoms with Gasteiger partial charge in [0.1, 0.15) is 11.6 Å². The van der Waals surface area contributed by atoms with Crippen molar-refractivity contribution in [3.63, 3.8) is 0 Å². The van der Waals surface area contributed by atoms with Gasteiger partial charge in [-0.3, -0.25) is 0 Å². The predicted octanol–water partition coefficient (Wildman–Crippen LogP) is 2.59. The van der Waals surface area contributed by atoms with E-state index in [-0.39, 0.29) is 11.6 Å². The second kappa shape index (κ2) is 5.12. The summed E-state index contributed by atoms with van der Waals surface area (Å²) in [4.78, 5) is 9.57. The number of nitrogens with zero attached hydrogens (tertiary/aromatic N) is 2. The molecule has 2 aliphatic rings. The molecular weight excluding hydrogens is 228 g/mol. The zero-order chi connectivity index (χ0) is 13.2. The van der Waals surface area contributed by atoms with Gasteiger partial charge in [0, 0.05) is 0 Å². The predicted molar refractivity (Wildman–Crippen MR) is 73.2 cm³/mol. The molecule has 0 amide bonds. The number of ether oxygens (including phenoxy) is 2. The van der Waals surface area contributed by atoms with Crippen molar-refractivity contribution in [2.24, 2.45) is 15.9 Å². The summed E-state index contributed by atoms with van der Waals surface area (Å²) >= 11 is 0. The first-order valence-electron chi connectivity index (χ1n) is 6.54. The summed E-state index contributed by atoms with van der Waals surface area (Å²) in [5.74, 6) is 1.85. The van der Waals surface area contributed by atoms with Crippen molar-refractivity contribution >= 4 is 11.8 Å². The third-order valence-electron chi connectivity index (χ3n) is 3.61. The number of hydrogen-bond donors (Lipinski definition) is 0. The van der Waals surface area contributed by atoms with E-state index < -0.39 is 0 Å². The number of aliphatic imine (C=N–C) groups is 2.